The van der Waals surface area contributed by atoms with Crippen molar-refractivity contribution in [1.29, 1.82) is 0 Å². The maximum Gasteiger partial charge on any atom is 0.0468 e. The number of benzene rings is 10. The van der Waals surface area contributed by atoms with Crippen molar-refractivity contribution >= 4 is 80.9 Å². The van der Waals surface area contributed by atoms with Crippen LogP contribution in [0.4, 0.5) is 17.1 Å². The summed E-state index contributed by atoms with van der Waals surface area (Å²) in [6, 6.07) is 77.7. The van der Waals surface area contributed by atoms with E-state index in [4.69, 9.17) is 0 Å². The van der Waals surface area contributed by atoms with Crippen LogP contribution >= 0.6 is 11.3 Å². The molecule has 10 aromatic carbocycles. The summed E-state index contributed by atoms with van der Waals surface area (Å²) in [6.07, 6.45) is 0. The van der Waals surface area contributed by atoms with Gasteiger partial charge in [0.25, 0.3) is 0 Å². The monoisotopic (exact) mass is 729 g/mol. The van der Waals surface area contributed by atoms with Gasteiger partial charge >= 0.3 is 0 Å². The molecule has 2 heteroatoms. The molecule has 0 N–H and O–H groups in total. The topological polar surface area (TPSA) is 3.24 Å². The molecule has 0 bridgehead atoms. The number of rotatable bonds is 6. The predicted octanol–water partition coefficient (Wildman–Crippen LogP) is 16.0. The largest absolute Gasteiger partial charge is 0.310 e. The molecule has 1 aromatic heterocycles. The third-order valence-electron chi connectivity index (χ3n) is 11.2. The first-order chi connectivity index (χ1) is 27.7. The number of hydrogen-bond donors (Lipinski definition) is 0. The number of thiophene rings is 1. The SMILES string of the molecule is c1ccc(-c2ccc(N(c3cccc(-c4ccc(-c5cc6ccccc6c6ccccc56)cc4)c3)c3ccc4sc5cc6ccccc6cc5c4c3)cc2)cc1. The van der Waals surface area contributed by atoms with E-state index >= 15 is 0 Å². The minimum atomic E-state index is 1.11. The summed E-state index contributed by atoms with van der Waals surface area (Å²) in [5.41, 5.74) is 10.6. The van der Waals surface area contributed by atoms with Crippen molar-refractivity contribution in [3.8, 4) is 33.4 Å². The Morgan fingerprint density at radius 2 is 0.821 bits per heavy atom. The first-order valence-corrected chi connectivity index (χ1v) is 20.0. The second-order valence-corrected chi connectivity index (χ2v) is 15.6. The fraction of sp³-hybridized carbons (Fsp3) is 0. The van der Waals surface area contributed by atoms with Crippen LogP contribution in [0.5, 0.6) is 0 Å². The van der Waals surface area contributed by atoms with Crippen LogP contribution in [0.25, 0.3) is 85.9 Å². The highest BCUT2D eigenvalue weighted by atomic mass is 32.1. The Balaban J connectivity index is 1.02. The second kappa shape index (κ2) is 13.4. The molecular weight excluding hydrogens is 695 g/mol. The van der Waals surface area contributed by atoms with Gasteiger partial charge < -0.3 is 4.90 Å². The van der Waals surface area contributed by atoms with Crippen LogP contribution in [-0.2, 0) is 0 Å². The Kier molecular flexibility index (Phi) is 7.75. The minimum Gasteiger partial charge on any atom is -0.310 e. The van der Waals surface area contributed by atoms with Gasteiger partial charge in [-0.3, -0.25) is 0 Å². The van der Waals surface area contributed by atoms with Gasteiger partial charge in [0.15, 0.2) is 0 Å². The van der Waals surface area contributed by atoms with E-state index in [-0.39, 0.29) is 0 Å². The standard InChI is InChI=1S/C54H35NS/c1-2-11-36(12-3-1)37-25-27-44(28-26-37)55(46-29-30-53-52(35-46)51-32-41-13-4-5-14-42(41)34-54(51)56-53)45-17-10-16-40(31-45)38-21-23-39(24-22-38)50-33-43-15-6-7-18-47(43)48-19-8-9-20-49(48)50/h1-35H. The van der Waals surface area contributed by atoms with Crippen molar-refractivity contribution in [2.45, 2.75) is 0 Å². The Hall–Kier alpha value is -7.00. The molecule has 0 radical (unpaired) electrons. The number of hydrogen-bond acceptors (Lipinski definition) is 2. The molecular formula is C54H35NS. The molecule has 0 saturated carbocycles. The van der Waals surface area contributed by atoms with Gasteiger partial charge in [0.1, 0.15) is 0 Å². The van der Waals surface area contributed by atoms with E-state index in [1.54, 1.807) is 0 Å². The molecule has 0 aliphatic heterocycles. The quantitative estimate of drug-likeness (QED) is 0.154. The molecule has 1 heterocycles. The van der Waals surface area contributed by atoms with Crippen LogP contribution in [0, 0.1) is 0 Å². The molecule has 0 saturated heterocycles. The van der Waals surface area contributed by atoms with Crippen molar-refractivity contribution in [2.75, 3.05) is 4.90 Å². The summed E-state index contributed by atoms with van der Waals surface area (Å²) in [5.74, 6) is 0. The molecule has 262 valence electrons. The van der Waals surface area contributed by atoms with Gasteiger partial charge in [-0.1, -0.05) is 152 Å². The van der Waals surface area contributed by atoms with Crippen LogP contribution in [0.3, 0.4) is 0 Å². The van der Waals surface area contributed by atoms with Crippen molar-refractivity contribution in [2.24, 2.45) is 0 Å². The lowest BCUT2D eigenvalue weighted by Gasteiger charge is -2.26. The Labute approximate surface area is 330 Å². The van der Waals surface area contributed by atoms with E-state index < -0.39 is 0 Å². The Morgan fingerprint density at radius 1 is 0.268 bits per heavy atom. The third kappa shape index (κ3) is 5.62. The van der Waals surface area contributed by atoms with Crippen molar-refractivity contribution in [3.05, 3.63) is 212 Å². The number of anilines is 3. The first-order valence-electron chi connectivity index (χ1n) is 19.2. The summed E-state index contributed by atoms with van der Waals surface area (Å²) in [4.78, 5) is 2.40. The molecule has 11 rings (SSSR count). The zero-order valence-electron chi connectivity index (χ0n) is 30.6. The number of nitrogens with zero attached hydrogens (tertiary/aromatic N) is 1. The maximum absolute atomic E-state index is 2.40. The predicted molar refractivity (Wildman–Crippen MR) is 243 cm³/mol. The molecule has 0 spiro atoms. The normalized spacial score (nSPS) is 11.6. The van der Waals surface area contributed by atoms with Gasteiger partial charge in [0.2, 0.25) is 0 Å². The highest BCUT2D eigenvalue weighted by Crippen LogP contribution is 2.43. The van der Waals surface area contributed by atoms with E-state index in [1.165, 1.54) is 85.9 Å². The molecule has 0 unspecified atom stereocenters. The molecule has 56 heavy (non-hydrogen) atoms. The van der Waals surface area contributed by atoms with Crippen molar-refractivity contribution in [1.82, 2.24) is 0 Å². The summed E-state index contributed by atoms with van der Waals surface area (Å²) >= 11 is 1.87. The summed E-state index contributed by atoms with van der Waals surface area (Å²) in [6.45, 7) is 0. The van der Waals surface area contributed by atoms with Crippen LogP contribution in [0.2, 0.25) is 0 Å². The molecule has 0 aliphatic carbocycles. The zero-order valence-corrected chi connectivity index (χ0v) is 31.4. The Bertz CT molecular complexity index is 3230. The van der Waals surface area contributed by atoms with Gasteiger partial charge in [-0.05, 0) is 126 Å². The van der Waals surface area contributed by atoms with Crippen LogP contribution in [0.1, 0.15) is 0 Å². The lowest BCUT2D eigenvalue weighted by Crippen LogP contribution is -2.10. The molecule has 11 aromatic rings. The fourth-order valence-corrected chi connectivity index (χ4v) is 9.55. The first kappa shape index (κ1) is 32.4. The van der Waals surface area contributed by atoms with Gasteiger partial charge in [-0.2, -0.15) is 0 Å². The molecule has 0 fully saturated rings. The molecule has 1 nitrogen and oxygen atoms in total. The summed E-state index contributed by atoms with van der Waals surface area (Å²) < 4.78 is 2.61. The van der Waals surface area contributed by atoms with Gasteiger partial charge in [-0.25, -0.2) is 0 Å². The zero-order chi connectivity index (χ0) is 37.0. The highest BCUT2D eigenvalue weighted by Gasteiger charge is 2.17. The van der Waals surface area contributed by atoms with Gasteiger partial charge in [0, 0.05) is 37.2 Å². The van der Waals surface area contributed by atoms with Crippen LogP contribution < -0.4 is 4.90 Å². The van der Waals surface area contributed by atoms with E-state index in [1.807, 2.05) is 11.3 Å². The molecule has 0 aliphatic rings. The van der Waals surface area contributed by atoms with Gasteiger partial charge in [0.05, 0.1) is 0 Å². The highest BCUT2D eigenvalue weighted by molar-refractivity contribution is 7.25. The number of fused-ring (bicyclic) bond motifs is 7. The Morgan fingerprint density at radius 3 is 1.62 bits per heavy atom. The van der Waals surface area contributed by atoms with E-state index in [0.717, 1.165) is 17.1 Å². The van der Waals surface area contributed by atoms with E-state index in [0.29, 0.717) is 0 Å². The molecule has 0 amide bonds. The lowest BCUT2D eigenvalue weighted by molar-refractivity contribution is 1.29. The smallest absolute Gasteiger partial charge is 0.0468 e. The second-order valence-electron chi connectivity index (χ2n) is 14.5. The molecule has 0 atom stereocenters. The summed E-state index contributed by atoms with van der Waals surface area (Å²) in [7, 11) is 0. The average Bonchev–Trinajstić information content (AvgIpc) is 3.62. The fourth-order valence-electron chi connectivity index (χ4n) is 8.43. The van der Waals surface area contributed by atoms with Crippen LogP contribution in [-0.4, -0.2) is 0 Å². The minimum absolute atomic E-state index is 1.11. The summed E-state index contributed by atoms with van der Waals surface area (Å²) in [5, 5.41) is 10.3. The van der Waals surface area contributed by atoms with E-state index in [9.17, 15) is 0 Å². The van der Waals surface area contributed by atoms with Crippen molar-refractivity contribution < 1.29 is 0 Å². The maximum atomic E-state index is 2.40. The third-order valence-corrected chi connectivity index (χ3v) is 12.3. The van der Waals surface area contributed by atoms with Gasteiger partial charge in [-0.15, -0.1) is 11.3 Å². The average molecular weight is 730 g/mol. The lowest BCUT2D eigenvalue weighted by atomic mass is 9.92. The van der Waals surface area contributed by atoms with Crippen molar-refractivity contribution in [3.63, 3.8) is 0 Å². The van der Waals surface area contributed by atoms with Crippen LogP contribution in [0.15, 0.2) is 212 Å². The van der Waals surface area contributed by atoms with E-state index in [2.05, 4.69) is 217 Å².